The van der Waals surface area contributed by atoms with E-state index < -0.39 is 0 Å². The van der Waals surface area contributed by atoms with Crippen LogP contribution in [0.3, 0.4) is 0 Å². The van der Waals surface area contributed by atoms with Crippen LogP contribution in [-0.2, 0) is 0 Å². The molecule has 0 fully saturated rings. The predicted octanol–water partition coefficient (Wildman–Crippen LogP) is 11.3. The van der Waals surface area contributed by atoms with E-state index in [-0.39, 0.29) is 0 Å². The zero-order valence-electron chi connectivity index (χ0n) is 25.3. The maximum Gasteiger partial charge on any atom is 0.164 e. The van der Waals surface area contributed by atoms with Gasteiger partial charge in [-0.15, -0.1) is 0 Å². The number of nitrogens with zero attached hydrogens (tertiary/aromatic N) is 3. The van der Waals surface area contributed by atoms with Crippen LogP contribution >= 0.6 is 0 Å². The van der Waals surface area contributed by atoms with Crippen molar-refractivity contribution in [1.29, 1.82) is 0 Å². The van der Waals surface area contributed by atoms with Crippen LogP contribution in [0.4, 0.5) is 0 Å². The Morgan fingerprint density at radius 1 is 0.340 bits per heavy atom. The highest BCUT2D eigenvalue weighted by atomic mass is 16.3. The van der Waals surface area contributed by atoms with Crippen molar-refractivity contribution in [3.63, 3.8) is 0 Å². The fourth-order valence-corrected chi connectivity index (χ4v) is 6.45. The number of fused-ring (bicyclic) bond motifs is 4. The summed E-state index contributed by atoms with van der Waals surface area (Å²) in [4.78, 5) is 15.3. The van der Waals surface area contributed by atoms with Gasteiger partial charge in [0.1, 0.15) is 11.2 Å². The fraction of sp³-hybridized carbons (Fsp3) is 0. The Kier molecular flexibility index (Phi) is 6.43. The summed E-state index contributed by atoms with van der Waals surface area (Å²) in [5, 5.41) is 4.33. The molecule has 0 bridgehead atoms. The molecule has 2 aromatic heterocycles. The molecule has 0 spiro atoms. The summed E-state index contributed by atoms with van der Waals surface area (Å²) in [5.74, 6) is 1.84. The third-order valence-electron chi connectivity index (χ3n) is 8.73. The van der Waals surface area contributed by atoms with Gasteiger partial charge >= 0.3 is 0 Å². The van der Waals surface area contributed by atoms with Gasteiger partial charge < -0.3 is 4.42 Å². The molecule has 2 heterocycles. The lowest BCUT2D eigenvalue weighted by Crippen LogP contribution is -2.00. The summed E-state index contributed by atoms with van der Waals surface area (Å²) in [6.45, 7) is 0. The third-order valence-corrected chi connectivity index (χ3v) is 8.73. The number of furan rings is 1. The first-order chi connectivity index (χ1) is 23.3. The van der Waals surface area contributed by atoms with Crippen molar-refractivity contribution in [3.05, 3.63) is 164 Å². The van der Waals surface area contributed by atoms with E-state index >= 15 is 0 Å². The van der Waals surface area contributed by atoms with Gasteiger partial charge in [-0.2, -0.15) is 0 Å². The molecular formula is C43H27N3O. The molecule has 4 heteroatoms. The Morgan fingerprint density at radius 2 is 0.915 bits per heavy atom. The highest BCUT2D eigenvalue weighted by Crippen LogP contribution is 2.38. The number of hydrogen-bond acceptors (Lipinski definition) is 4. The number of para-hydroxylation sites is 1. The highest BCUT2D eigenvalue weighted by Gasteiger charge is 2.18. The first-order valence-electron chi connectivity index (χ1n) is 15.7. The van der Waals surface area contributed by atoms with E-state index in [1.54, 1.807) is 0 Å². The molecule has 9 rings (SSSR count). The molecule has 47 heavy (non-hydrogen) atoms. The normalized spacial score (nSPS) is 11.4. The second kappa shape index (κ2) is 11.2. The molecule has 0 N–H and O–H groups in total. The van der Waals surface area contributed by atoms with Crippen LogP contribution in [0.1, 0.15) is 0 Å². The Bertz CT molecular complexity index is 2550. The minimum Gasteiger partial charge on any atom is -0.456 e. The molecule has 0 aliphatic carbocycles. The largest absolute Gasteiger partial charge is 0.456 e. The molecule has 0 radical (unpaired) electrons. The maximum absolute atomic E-state index is 6.22. The van der Waals surface area contributed by atoms with E-state index in [9.17, 15) is 0 Å². The molecule has 4 nitrogen and oxygen atoms in total. The smallest absolute Gasteiger partial charge is 0.164 e. The van der Waals surface area contributed by atoms with Gasteiger partial charge in [0, 0.05) is 27.5 Å². The fourth-order valence-electron chi connectivity index (χ4n) is 6.45. The summed E-state index contributed by atoms with van der Waals surface area (Å²) in [5.41, 5.74) is 9.05. The van der Waals surface area contributed by atoms with Crippen LogP contribution in [0.5, 0.6) is 0 Å². The van der Waals surface area contributed by atoms with Crippen LogP contribution in [0.25, 0.3) is 89.1 Å². The molecule has 7 aromatic carbocycles. The van der Waals surface area contributed by atoms with Gasteiger partial charge in [0.25, 0.3) is 0 Å². The van der Waals surface area contributed by atoms with Crippen LogP contribution in [0.15, 0.2) is 168 Å². The molecule has 9 aromatic rings. The summed E-state index contributed by atoms with van der Waals surface area (Å²) in [6.07, 6.45) is 0. The molecular weight excluding hydrogens is 574 g/mol. The highest BCUT2D eigenvalue weighted by molar-refractivity contribution is 6.11. The maximum atomic E-state index is 6.22. The monoisotopic (exact) mass is 601 g/mol. The van der Waals surface area contributed by atoms with Gasteiger partial charge in [-0.3, -0.25) is 0 Å². The van der Waals surface area contributed by atoms with E-state index in [0.29, 0.717) is 17.5 Å². The molecule has 0 saturated heterocycles. The third kappa shape index (κ3) is 4.84. The Hall–Kier alpha value is -6.39. The Labute approximate surface area is 271 Å². The molecule has 0 amide bonds. The lowest BCUT2D eigenvalue weighted by atomic mass is 9.94. The summed E-state index contributed by atoms with van der Waals surface area (Å²) < 4.78 is 6.22. The average molecular weight is 602 g/mol. The number of rotatable bonds is 5. The van der Waals surface area contributed by atoms with Crippen molar-refractivity contribution in [2.75, 3.05) is 0 Å². The van der Waals surface area contributed by atoms with Gasteiger partial charge in [0.05, 0.1) is 0 Å². The van der Waals surface area contributed by atoms with E-state index in [0.717, 1.165) is 55.1 Å². The predicted molar refractivity (Wildman–Crippen MR) is 192 cm³/mol. The van der Waals surface area contributed by atoms with Crippen molar-refractivity contribution in [2.24, 2.45) is 0 Å². The van der Waals surface area contributed by atoms with Crippen molar-refractivity contribution < 1.29 is 4.42 Å². The van der Waals surface area contributed by atoms with Crippen LogP contribution < -0.4 is 0 Å². The molecule has 0 atom stereocenters. The molecule has 220 valence electrons. The van der Waals surface area contributed by atoms with Gasteiger partial charge in [0.2, 0.25) is 0 Å². The van der Waals surface area contributed by atoms with Gasteiger partial charge in [0.15, 0.2) is 17.5 Å². The van der Waals surface area contributed by atoms with Gasteiger partial charge in [-0.1, -0.05) is 140 Å². The quantitative estimate of drug-likeness (QED) is 0.197. The standard InChI is InChI=1S/C43H27N3O/c1-3-12-28(13-4-1)29-22-24-30(25-23-29)37-27-33(26-32-16-7-8-17-34(32)37)42-44-41(31-14-5-2-6-15-31)45-43(46-42)36-19-11-21-39-40(36)35-18-9-10-20-38(35)47-39/h1-27H. The molecule has 0 aliphatic rings. The number of aromatic nitrogens is 3. The minimum atomic E-state index is 0.605. The summed E-state index contributed by atoms with van der Waals surface area (Å²) >= 11 is 0. The minimum absolute atomic E-state index is 0.605. The van der Waals surface area contributed by atoms with E-state index in [4.69, 9.17) is 19.4 Å². The summed E-state index contributed by atoms with van der Waals surface area (Å²) in [7, 11) is 0. The van der Waals surface area contributed by atoms with Crippen molar-refractivity contribution in [3.8, 4) is 56.4 Å². The number of benzene rings is 7. The molecule has 0 unspecified atom stereocenters. The van der Waals surface area contributed by atoms with Gasteiger partial charge in [-0.05, 0) is 57.3 Å². The molecule has 0 saturated carbocycles. The average Bonchev–Trinajstić information content (AvgIpc) is 3.54. The molecule has 0 aliphatic heterocycles. The van der Waals surface area contributed by atoms with E-state index in [1.807, 2.05) is 66.7 Å². The first kappa shape index (κ1) is 27.0. The lowest BCUT2D eigenvalue weighted by Gasteiger charge is -2.13. The van der Waals surface area contributed by atoms with Crippen LogP contribution in [0, 0.1) is 0 Å². The Balaban J connectivity index is 1.26. The van der Waals surface area contributed by atoms with Crippen molar-refractivity contribution in [1.82, 2.24) is 15.0 Å². The van der Waals surface area contributed by atoms with Gasteiger partial charge in [-0.25, -0.2) is 15.0 Å². The van der Waals surface area contributed by atoms with E-state index in [1.165, 1.54) is 16.5 Å². The van der Waals surface area contributed by atoms with Crippen LogP contribution in [0.2, 0.25) is 0 Å². The Morgan fingerprint density at radius 3 is 1.70 bits per heavy atom. The zero-order chi connectivity index (χ0) is 31.2. The van der Waals surface area contributed by atoms with Crippen molar-refractivity contribution >= 4 is 32.7 Å². The van der Waals surface area contributed by atoms with Crippen molar-refractivity contribution in [2.45, 2.75) is 0 Å². The lowest BCUT2D eigenvalue weighted by molar-refractivity contribution is 0.669. The summed E-state index contributed by atoms with van der Waals surface area (Å²) in [6, 6.07) is 56.4. The topological polar surface area (TPSA) is 51.8 Å². The second-order valence-corrected chi connectivity index (χ2v) is 11.6. The number of hydrogen-bond donors (Lipinski definition) is 0. The second-order valence-electron chi connectivity index (χ2n) is 11.6. The van der Waals surface area contributed by atoms with Crippen LogP contribution in [-0.4, -0.2) is 15.0 Å². The van der Waals surface area contributed by atoms with E-state index in [2.05, 4.69) is 97.1 Å². The SMILES string of the molecule is c1ccc(-c2ccc(-c3cc(-c4nc(-c5ccccc5)nc(-c5cccc6oc7ccccc7c56)n4)cc4ccccc34)cc2)cc1. The zero-order valence-corrected chi connectivity index (χ0v) is 25.3. The first-order valence-corrected chi connectivity index (χ1v) is 15.7.